The van der Waals surface area contributed by atoms with Crippen LogP contribution in [-0.2, 0) is 35.1 Å². The van der Waals surface area contributed by atoms with Crippen molar-refractivity contribution in [2.24, 2.45) is 5.92 Å². The van der Waals surface area contributed by atoms with Crippen LogP contribution in [0.2, 0.25) is 0 Å². The van der Waals surface area contributed by atoms with Gasteiger partial charge in [0, 0.05) is 17.9 Å². The molecule has 0 saturated carbocycles. The van der Waals surface area contributed by atoms with Crippen molar-refractivity contribution in [3.05, 3.63) is 48.0 Å². The molecule has 2 aliphatic rings. The van der Waals surface area contributed by atoms with Crippen molar-refractivity contribution in [1.29, 1.82) is 0 Å². The lowest BCUT2D eigenvalue weighted by atomic mass is 10.0. The van der Waals surface area contributed by atoms with Crippen LogP contribution in [0, 0.1) is 5.92 Å². The topological polar surface area (TPSA) is 143 Å². The number of hydrogen-bond acceptors (Lipinski definition) is 8. The van der Waals surface area contributed by atoms with Gasteiger partial charge < -0.3 is 26.0 Å². The van der Waals surface area contributed by atoms with Crippen molar-refractivity contribution < 1.29 is 28.7 Å². The third-order valence-corrected chi connectivity index (χ3v) is 8.37. The Morgan fingerprint density at radius 1 is 0.947 bits per heavy atom. The number of benzene rings is 1. The molecule has 4 atom stereocenters. The predicted molar refractivity (Wildman–Crippen MR) is 147 cm³/mol. The lowest BCUT2D eigenvalue weighted by Gasteiger charge is -2.27. The third kappa shape index (κ3) is 9.39. The third-order valence-electron chi connectivity index (χ3n) is 5.93. The highest BCUT2D eigenvalue weighted by Crippen LogP contribution is 2.23. The van der Waals surface area contributed by atoms with Crippen molar-refractivity contribution in [3.8, 4) is 0 Å². The van der Waals surface area contributed by atoms with E-state index >= 15 is 0 Å². The first-order valence-corrected chi connectivity index (χ1v) is 15.0. The zero-order valence-corrected chi connectivity index (χ0v) is 23.1. The van der Waals surface area contributed by atoms with Crippen LogP contribution in [-0.4, -0.2) is 71.9 Å². The van der Waals surface area contributed by atoms with Crippen LogP contribution < -0.4 is 21.3 Å². The summed E-state index contributed by atoms with van der Waals surface area (Å²) in [4.78, 5) is 65.1. The van der Waals surface area contributed by atoms with Crippen LogP contribution in [0.15, 0.2) is 42.5 Å². The van der Waals surface area contributed by atoms with E-state index in [9.17, 15) is 24.0 Å². The second kappa shape index (κ2) is 14.8. The average Bonchev–Trinajstić information content (AvgIpc) is 2.88. The predicted octanol–water partition coefficient (Wildman–Crippen LogP) is 1.11. The largest absolute Gasteiger partial charge is 0.456 e. The van der Waals surface area contributed by atoms with Gasteiger partial charge in [-0.05, 0) is 24.0 Å². The minimum atomic E-state index is -0.972. The standard InChI is InChI=1S/C26H34N4O6S2/c1-16(2)23-26(35)27-14-22(32)36-18-10-6-7-11-37-38-15-20(25(34)30-23)29-24(33)19(28-21(31)13-18)12-17-8-4-3-5-9-17/h3-6,8-10,16,18-20,23H,7,11-15H2,1-2H3,(H,27,35)(H,28,31)(H,29,33)(H,30,34)/b10-6-/t18-,19-,20-,23-/m1/s1. The molecule has 3 rings (SSSR count). The van der Waals surface area contributed by atoms with Gasteiger partial charge in [-0.25, -0.2) is 0 Å². The Morgan fingerprint density at radius 3 is 2.45 bits per heavy atom. The highest BCUT2D eigenvalue weighted by Gasteiger charge is 2.32. The molecule has 1 aromatic carbocycles. The second-order valence-electron chi connectivity index (χ2n) is 9.37. The van der Waals surface area contributed by atoms with Crippen molar-refractivity contribution in [1.82, 2.24) is 21.3 Å². The molecule has 2 aliphatic heterocycles. The van der Waals surface area contributed by atoms with Gasteiger partial charge in [0.05, 0.1) is 6.42 Å². The maximum Gasteiger partial charge on any atom is 0.326 e. The van der Waals surface area contributed by atoms with Crippen LogP contribution in [0.3, 0.4) is 0 Å². The Hall–Kier alpha value is -2.99. The summed E-state index contributed by atoms with van der Waals surface area (Å²) in [7, 11) is 2.97. The van der Waals surface area contributed by atoms with E-state index in [0.29, 0.717) is 12.2 Å². The van der Waals surface area contributed by atoms with Crippen LogP contribution in [0.4, 0.5) is 0 Å². The smallest absolute Gasteiger partial charge is 0.326 e. The van der Waals surface area contributed by atoms with E-state index < -0.39 is 60.4 Å². The van der Waals surface area contributed by atoms with Gasteiger partial charge >= 0.3 is 5.97 Å². The molecule has 0 aliphatic carbocycles. The number of carbonyl (C=O) groups is 5. The summed E-state index contributed by atoms with van der Waals surface area (Å²) >= 11 is 0. The van der Waals surface area contributed by atoms with E-state index in [4.69, 9.17) is 4.74 Å². The first kappa shape index (κ1) is 29.6. The Balaban J connectivity index is 1.98. The van der Waals surface area contributed by atoms with Gasteiger partial charge in [-0.3, -0.25) is 24.0 Å². The molecule has 10 nitrogen and oxygen atoms in total. The molecule has 1 saturated heterocycles. The van der Waals surface area contributed by atoms with Crippen molar-refractivity contribution in [3.63, 3.8) is 0 Å². The van der Waals surface area contributed by atoms with E-state index in [1.165, 1.54) is 21.6 Å². The fourth-order valence-corrected chi connectivity index (χ4v) is 6.06. The summed E-state index contributed by atoms with van der Waals surface area (Å²) in [6.07, 6.45) is 3.27. The normalized spacial score (nSPS) is 27.3. The van der Waals surface area contributed by atoms with Crippen LogP contribution in [0.25, 0.3) is 0 Å². The van der Waals surface area contributed by atoms with Crippen LogP contribution >= 0.6 is 21.6 Å². The zero-order chi connectivity index (χ0) is 27.5. The maximum absolute atomic E-state index is 13.4. The minimum absolute atomic E-state index is 0.199. The first-order chi connectivity index (χ1) is 18.2. The van der Waals surface area contributed by atoms with Gasteiger partial charge in [0.2, 0.25) is 23.6 Å². The molecule has 38 heavy (non-hydrogen) atoms. The Morgan fingerprint density at radius 2 is 1.71 bits per heavy atom. The van der Waals surface area contributed by atoms with E-state index in [-0.39, 0.29) is 24.5 Å². The van der Waals surface area contributed by atoms with Crippen molar-refractivity contribution in [2.75, 3.05) is 18.1 Å². The minimum Gasteiger partial charge on any atom is -0.456 e. The average molecular weight is 563 g/mol. The number of carbonyl (C=O) groups excluding carboxylic acids is 5. The number of nitrogens with one attached hydrogen (secondary N) is 4. The Kier molecular flexibility index (Phi) is 11.5. The Labute approximate surface area is 230 Å². The van der Waals surface area contributed by atoms with Gasteiger partial charge in [0.1, 0.15) is 30.8 Å². The number of hydrogen-bond donors (Lipinski definition) is 4. The number of amides is 4. The van der Waals surface area contributed by atoms with Crippen LogP contribution in [0.1, 0.15) is 32.3 Å². The molecule has 4 amide bonds. The Bertz CT molecular complexity index is 1040. The monoisotopic (exact) mass is 562 g/mol. The molecule has 12 heteroatoms. The maximum atomic E-state index is 13.4. The summed E-state index contributed by atoms with van der Waals surface area (Å²) in [6, 6.07) is 6.36. The first-order valence-electron chi connectivity index (χ1n) is 12.5. The molecule has 0 aromatic heterocycles. The number of rotatable bonds is 3. The zero-order valence-electron chi connectivity index (χ0n) is 21.4. The van der Waals surface area contributed by atoms with Gasteiger partial charge in [-0.15, -0.1) is 0 Å². The van der Waals surface area contributed by atoms with E-state index in [2.05, 4.69) is 21.3 Å². The quantitative estimate of drug-likeness (QED) is 0.244. The lowest BCUT2D eigenvalue weighted by molar-refractivity contribution is -0.148. The summed E-state index contributed by atoms with van der Waals surface area (Å²) in [5.41, 5.74) is 0.825. The molecule has 0 unspecified atom stereocenters. The molecular weight excluding hydrogens is 528 g/mol. The summed E-state index contributed by atoms with van der Waals surface area (Å²) in [5.74, 6) is -2.10. The molecule has 206 valence electrons. The number of ether oxygens (including phenoxy) is 1. The fourth-order valence-electron chi connectivity index (χ4n) is 3.91. The molecule has 1 fully saturated rings. The molecule has 2 bridgehead atoms. The lowest BCUT2D eigenvalue weighted by Crippen LogP contribution is -2.59. The molecular formula is C26H34N4O6S2. The summed E-state index contributed by atoms with van der Waals surface area (Å²) < 4.78 is 5.48. The fraction of sp³-hybridized carbons (Fsp3) is 0.500. The van der Waals surface area contributed by atoms with Crippen LogP contribution in [0.5, 0.6) is 0 Å². The molecule has 2 heterocycles. The second-order valence-corrected chi connectivity index (χ2v) is 12.0. The van der Waals surface area contributed by atoms with Crippen molar-refractivity contribution in [2.45, 2.75) is 57.3 Å². The SMILES string of the molecule is CC(C)[C@H]1NC(=O)[C@H]2CSSCC/C=C\[C@H](CC(=O)N[C@H](Cc3ccccc3)C(=O)N2)OC(=O)CNC1=O. The van der Waals surface area contributed by atoms with Gasteiger partial charge in [-0.1, -0.05) is 71.8 Å². The summed E-state index contributed by atoms with van der Waals surface area (Å²) in [6.45, 7) is 3.13. The van der Waals surface area contributed by atoms with E-state index in [1.54, 1.807) is 19.9 Å². The number of fused-ring (bicyclic) bond motifs is 7. The molecule has 1 aromatic rings. The van der Waals surface area contributed by atoms with Crippen molar-refractivity contribution >= 4 is 51.2 Å². The highest BCUT2D eigenvalue weighted by molar-refractivity contribution is 8.76. The van der Waals surface area contributed by atoms with Gasteiger partial charge in [-0.2, -0.15) is 0 Å². The summed E-state index contributed by atoms with van der Waals surface area (Å²) in [5, 5.41) is 10.8. The highest BCUT2D eigenvalue weighted by atomic mass is 33.1. The number of allylic oxidation sites excluding steroid dienone is 1. The van der Waals surface area contributed by atoms with E-state index in [0.717, 1.165) is 5.56 Å². The molecule has 0 radical (unpaired) electrons. The number of esters is 1. The molecule has 0 spiro atoms. The van der Waals surface area contributed by atoms with Gasteiger partial charge in [0.15, 0.2) is 0 Å². The van der Waals surface area contributed by atoms with E-state index in [1.807, 2.05) is 36.4 Å². The van der Waals surface area contributed by atoms with Gasteiger partial charge in [0.25, 0.3) is 0 Å². The molecule has 4 N–H and O–H groups in total.